The van der Waals surface area contributed by atoms with Crippen LogP contribution in [0.15, 0.2) is 24.3 Å². The smallest absolute Gasteiger partial charge is 0.112 e. The first kappa shape index (κ1) is 18.6. The molecule has 0 aromatic carbocycles. The number of allylic oxidation sites excluding steroid dienone is 2. The number of hydrogen-bond donors (Lipinski definition) is 5. The van der Waals surface area contributed by atoms with Gasteiger partial charge in [0.15, 0.2) is 0 Å². The van der Waals surface area contributed by atoms with Crippen LogP contribution in [0, 0.1) is 29.1 Å². The summed E-state index contributed by atoms with van der Waals surface area (Å²) < 4.78 is 6.07. The van der Waals surface area contributed by atoms with Gasteiger partial charge in [-0.2, -0.15) is 0 Å². The number of ether oxygens (including phenoxy) is 1. The second-order valence-electron chi connectivity index (χ2n) is 9.30. The molecule has 3 aliphatic carbocycles. The van der Waals surface area contributed by atoms with Crippen molar-refractivity contribution in [2.45, 2.75) is 62.8 Å². The monoisotopic (exact) mass is 366 g/mol. The Balaban J connectivity index is 1.97. The topological polar surface area (TPSA) is 110 Å². The van der Waals surface area contributed by atoms with Crippen LogP contribution in [0.5, 0.6) is 0 Å². The molecule has 0 spiro atoms. The fourth-order valence-electron chi connectivity index (χ4n) is 6.62. The predicted molar refractivity (Wildman–Crippen MR) is 94.0 cm³/mol. The molecule has 0 aromatic heterocycles. The first-order valence-corrected chi connectivity index (χ1v) is 9.44. The van der Waals surface area contributed by atoms with Crippen molar-refractivity contribution >= 4 is 0 Å². The van der Waals surface area contributed by atoms with Crippen molar-refractivity contribution in [1.82, 2.24) is 0 Å². The van der Waals surface area contributed by atoms with E-state index in [1.165, 1.54) is 0 Å². The van der Waals surface area contributed by atoms with Gasteiger partial charge >= 0.3 is 0 Å². The molecule has 11 atom stereocenters. The number of aliphatic hydroxyl groups is 5. The van der Waals surface area contributed by atoms with Crippen LogP contribution in [-0.4, -0.2) is 67.8 Å². The maximum Gasteiger partial charge on any atom is 0.112 e. The van der Waals surface area contributed by atoms with Crippen LogP contribution in [0.4, 0.5) is 0 Å². The van der Waals surface area contributed by atoms with Crippen LogP contribution in [0.3, 0.4) is 0 Å². The minimum absolute atomic E-state index is 0.0510. The molecule has 1 aliphatic heterocycles. The summed E-state index contributed by atoms with van der Waals surface area (Å²) >= 11 is 0. The van der Waals surface area contributed by atoms with E-state index in [4.69, 9.17) is 4.74 Å². The summed E-state index contributed by atoms with van der Waals surface area (Å²) in [5.41, 5.74) is -3.14. The van der Waals surface area contributed by atoms with Gasteiger partial charge in [-0.15, -0.1) is 0 Å². The van der Waals surface area contributed by atoms with Crippen LogP contribution in [0.2, 0.25) is 0 Å². The van der Waals surface area contributed by atoms with Crippen LogP contribution >= 0.6 is 0 Å². The average Bonchev–Trinajstić information content (AvgIpc) is 3.00. The van der Waals surface area contributed by atoms with E-state index in [1.807, 2.05) is 13.0 Å². The second-order valence-corrected chi connectivity index (χ2v) is 9.30. The zero-order valence-electron chi connectivity index (χ0n) is 15.5. The third-order valence-electron chi connectivity index (χ3n) is 7.89. The van der Waals surface area contributed by atoms with E-state index < -0.39 is 52.9 Å². The largest absolute Gasteiger partial charge is 0.392 e. The molecule has 4 aliphatic rings. The van der Waals surface area contributed by atoms with E-state index in [-0.39, 0.29) is 24.9 Å². The summed E-state index contributed by atoms with van der Waals surface area (Å²) in [5, 5.41) is 55.9. The summed E-state index contributed by atoms with van der Waals surface area (Å²) in [6, 6.07) is 0. The third-order valence-corrected chi connectivity index (χ3v) is 7.89. The third kappa shape index (κ3) is 1.88. The molecule has 2 saturated carbocycles. The lowest BCUT2D eigenvalue weighted by Gasteiger charge is -2.49. The van der Waals surface area contributed by atoms with Crippen molar-refractivity contribution in [2.24, 2.45) is 29.1 Å². The van der Waals surface area contributed by atoms with Gasteiger partial charge in [0.25, 0.3) is 0 Å². The predicted octanol–water partition coefficient (Wildman–Crippen LogP) is -0.0157. The number of aliphatic hydroxyl groups excluding tert-OH is 4. The van der Waals surface area contributed by atoms with Crippen molar-refractivity contribution in [3.63, 3.8) is 0 Å². The Morgan fingerprint density at radius 3 is 2.46 bits per heavy atom. The van der Waals surface area contributed by atoms with Crippen molar-refractivity contribution in [3.05, 3.63) is 24.3 Å². The SMILES string of the molecule is C=C(C)C1C=CC(O)C23COC(C)(C(O)C4(O)CC(C)C(O)C4C2O)C13. The van der Waals surface area contributed by atoms with Gasteiger partial charge in [-0.05, 0) is 26.2 Å². The summed E-state index contributed by atoms with van der Waals surface area (Å²) in [6.07, 6.45) is -0.827. The Morgan fingerprint density at radius 2 is 1.85 bits per heavy atom. The molecule has 1 saturated heterocycles. The second kappa shape index (κ2) is 5.40. The van der Waals surface area contributed by atoms with E-state index in [9.17, 15) is 25.5 Å². The van der Waals surface area contributed by atoms with Crippen molar-refractivity contribution in [1.29, 1.82) is 0 Å². The minimum atomic E-state index is -1.68. The van der Waals surface area contributed by atoms with E-state index in [0.29, 0.717) is 0 Å². The Bertz CT molecular complexity index is 663. The minimum Gasteiger partial charge on any atom is -0.392 e. The van der Waals surface area contributed by atoms with Gasteiger partial charge < -0.3 is 30.3 Å². The molecule has 11 unspecified atom stereocenters. The first-order chi connectivity index (χ1) is 12.0. The quantitative estimate of drug-likeness (QED) is 0.417. The molecular weight excluding hydrogens is 336 g/mol. The summed E-state index contributed by atoms with van der Waals surface area (Å²) in [5.74, 6) is -1.91. The van der Waals surface area contributed by atoms with Gasteiger partial charge in [-0.3, -0.25) is 0 Å². The lowest BCUT2D eigenvalue weighted by Crippen LogP contribution is -2.60. The molecule has 0 radical (unpaired) electrons. The van der Waals surface area contributed by atoms with Gasteiger partial charge in [0, 0.05) is 17.8 Å². The molecule has 4 rings (SSSR count). The molecule has 6 nitrogen and oxygen atoms in total. The Hall–Kier alpha value is -0.760. The van der Waals surface area contributed by atoms with Gasteiger partial charge in [0.05, 0.1) is 35.9 Å². The zero-order valence-corrected chi connectivity index (χ0v) is 15.5. The molecular formula is C20H30O6. The lowest BCUT2D eigenvalue weighted by molar-refractivity contribution is -0.218. The van der Waals surface area contributed by atoms with E-state index in [0.717, 1.165) is 5.57 Å². The number of hydrogen-bond acceptors (Lipinski definition) is 6. The normalized spacial score (nSPS) is 61.1. The lowest BCUT2D eigenvalue weighted by atomic mass is 9.55. The fourth-order valence-corrected chi connectivity index (χ4v) is 6.62. The number of fused-ring (bicyclic) bond motifs is 1. The average molecular weight is 366 g/mol. The molecule has 5 N–H and O–H groups in total. The van der Waals surface area contributed by atoms with Crippen molar-refractivity contribution in [3.8, 4) is 0 Å². The van der Waals surface area contributed by atoms with Gasteiger partial charge in [0.2, 0.25) is 0 Å². The standard InChI is InChI=1S/C20H30O6/c1-9(2)11-5-6-12(21)19-8-26-18(4,15(11)19)17(24)20(25)7-10(3)14(22)13(20)16(19)23/h5-6,10-17,21-25H,1,7-8H2,2-4H3. The van der Waals surface area contributed by atoms with Crippen molar-refractivity contribution < 1.29 is 30.3 Å². The fraction of sp³-hybridized carbons (Fsp3) is 0.800. The Kier molecular flexibility index (Phi) is 3.86. The van der Waals surface area contributed by atoms with Crippen LogP contribution < -0.4 is 0 Å². The summed E-state index contributed by atoms with van der Waals surface area (Å²) in [4.78, 5) is 0. The maximum atomic E-state index is 11.5. The van der Waals surface area contributed by atoms with Crippen LogP contribution in [0.25, 0.3) is 0 Å². The molecule has 0 aromatic rings. The molecule has 1 heterocycles. The highest BCUT2D eigenvalue weighted by Gasteiger charge is 2.77. The van der Waals surface area contributed by atoms with Crippen LogP contribution in [-0.2, 0) is 4.74 Å². The number of rotatable bonds is 1. The first-order valence-electron chi connectivity index (χ1n) is 9.44. The zero-order chi connectivity index (χ0) is 19.2. The van der Waals surface area contributed by atoms with E-state index in [2.05, 4.69) is 6.58 Å². The highest BCUT2D eigenvalue weighted by Crippen LogP contribution is 2.65. The van der Waals surface area contributed by atoms with Crippen LogP contribution in [0.1, 0.15) is 27.2 Å². The van der Waals surface area contributed by atoms with Gasteiger partial charge in [-0.25, -0.2) is 0 Å². The molecule has 3 fully saturated rings. The van der Waals surface area contributed by atoms with Gasteiger partial charge in [-0.1, -0.05) is 31.2 Å². The molecule has 2 bridgehead atoms. The highest BCUT2D eigenvalue weighted by molar-refractivity contribution is 5.32. The Labute approximate surface area is 153 Å². The maximum absolute atomic E-state index is 11.5. The molecule has 146 valence electrons. The molecule has 0 amide bonds. The van der Waals surface area contributed by atoms with Crippen molar-refractivity contribution in [2.75, 3.05) is 6.61 Å². The summed E-state index contributed by atoms with van der Waals surface area (Å²) in [6.45, 7) is 9.52. The van der Waals surface area contributed by atoms with E-state index >= 15 is 0 Å². The van der Waals surface area contributed by atoms with Gasteiger partial charge in [0.1, 0.15) is 11.7 Å². The molecule has 26 heavy (non-hydrogen) atoms. The Morgan fingerprint density at radius 1 is 1.19 bits per heavy atom. The molecule has 6 heteroatoms. The van der Waals surface area contributed by atoms with E-state index in [1.54, 1.807) is 19.9 Å². The summed E-state index contributed by atoms with van der Waals surface area (Å²) in [7, 11) is 0. The highest BCUT2D eigenvalue weighted by atomic mass is 16.5.